The van der Waals surface area contributed by atoms with E-state index >= 15 is 0 Å². The second kappa shape index (κ2) is 8.77. The number of nitrogens with two attached hydrogens (primary N) is 1. The van der Waals surface area contributed by atoms with Crippen LogP contribution in [0.15, 0.2) is 5.16 Å². The highest BCUT2D eigenvalue weighted by molar-refractivity contribution is 5.79. The van der Waals surface area contributed by atoms with Crippen molar-refractivity contribution in [3.63, 3.8) is 0 Å². The largest absolute Gasteiger partial charge is 0.409 e. The third-order valence-corrected chi connectivity index (χ3v) is 2.00. The van der Waals surface area contributed by atoms with Crippen LogP contribution in [0.4, 0.5) is 0 Å². The SMILES string of the molecule is COC(C)CNCCCCC(N)=NO. The van der Waals surface area contributed by atoms with E-state index < -0.39 is 0 Å². The Morgan fingerprint density at radius 2 is 2.29 bits per heavy atom. The van der Waals surface area contributed by atoms with Gasteiger partial charge in [-0.1, -0.05) is 5.16 Å². The number of oxime groups is 1. The highest BCUT2D eigenvalue weighted by Gasteiger charge is 1.97. The van der Waals surface area contributed by atoms with E-state index in [1.165, 1.54) is 0 Å². The summed E-state index contributed by atoms with van der Waals surface area (Å²) in [5, 5.41) is 14.4. The quantitative estimate of drug-likeness (QED) is 0.177. The summed E-state index contributed by atoms with van der Waals surface area (Å²) >= 11 is 0. The molecule has 0 saturated carbocycles. The molecule has 84 valence electrons. The zero-order valence-electron chi connectivity index (χ0n) is 8.99. The van der Waals surface area contributed by atoms with Gasteiger partial charge in [0.25, 0.3) is 0 Å². The molecule has 0 radical (unpaired) electrons. The van der Waals surface area contributed by atoms with Crippen LogP contribution in [0, 0.1) is 0 Å². The minimum Gasteiger partial charge on any atom is -0.409 e. The van der Waals surface area contributed by atoms with Crippen molar-refractivity contribution in [1.29, 1.82) is 0 Å². The molecule has 0 aromatic rings. The van der Waals surface area contributed by atoms with Gasteiger partial charge >= 0.3 is 0 Å². The standard InChI is InChI=1S/C9H21N3O2/c1-8(14-2)7-11-6-4-3-5-9(10)12-13/h8,11,13H,3-7H2,1-2H3,(H2,10,12). The lowest BCUT2D eigenvalue weighted by atomic mass is 10.2. The van der Waals surface area contributed by atoms with Gasteiger partial charge < -0.3 is 21.0 Å². The van der Waals surface area contributed by atoms with Gasteiger partial charge in [0.05, 0.1) is 6.10 Å². The topological polar surface area (TPSA) is 79.9 Å². The Hall–Kier alpha value is -0.810. The molecule has 4 N–H and O–H groups in total. The first-order valence-corrected chi connectivity index (χ1v) is 4.90. The average Bonchev–Trinajstić information content (AvgIpc) is 2.22. The van der Waals surface area contributed by atoms with Crippen LogP contribution in [0.2, 0.25) is 0 Å². The van der Waals surface area contributed by atoms with Gasteiger partial charge in [0.15, 0.2) is 0 Å². The highest BCUT2D eigenvalue weighted by atomic mass is 16.5. The molecule has 0 rings (SSSR count). The van der Waals surface area contributed by atoms with Crippen LogP contribution in [0.1, 0.15) is 26.2 Å². The van der Waals surface area contributed by atoms with Crippen molar-refractivity contribution >= 4 is 5.84 Å². The Morgan fingerprint density at radius 3 is 2.86 bits per heavy atom. The van der Waals surface area contributed by atoms with Gasteiger partial charge in [0, 0.05) is 20.1 Å². The van der Waals surface area contributed by atoms with Gasteiger partial charge in [-0.05, 0) is 26.3 Å². The molecule has 0 aromatic heterocycles. The van der Waals surface area contributed by atoms with Gasteiger partial charge in [-0.3, -0.25) is 0 Å². The van der Waals surface area contributed by atoms with E-state index in [1.807, 2.05) is 6.92 Å². The van der Waals surface area contributed by atoms with Crippen LogP contribution >= 0.6 is 0 Å². The molecule has 0 fully saturated rings. The zero-order chi connectivity index (χ0) is 10.8. The second-order valence-corrected chi connectivity index (χ2v) is 3.30. The molecule has 0 spiro atoms. The van der Waals surface area contributed by atoms with Gasteiger partial charge in [-0.25, -0.2) is 0 Å². The predicted molar refractivity (Wildman–Crippen MR) is 56.6 cm³/mol. The van der Waals surface area contributed by atoms with E-state index in [0.717, 1.165) is 25.9 Å². The molecule has 5 nitrogen and oxygen atoms in total. The maximum Gasteiger partial charge on any atom is 0.139 e. The van der Waals surface area contributed by atoms with E-state index in [0.29, 0.717) is 12.3 Å². The normalized spacial score (nSPS) is 14.3. The summed E-state index contributed by atoms with van der Waals surface area (Å²) in [6.07, 6.45) is 2.86. The molecule has 0 heterocycles. The number of methoxy groups -OCH3 is 1. The molecule has 14 heavy (non-hydrogen) atoms. The van der Waals surface area contributed by atoms with Crippen molar-refractivity contribution in [1.82, 2.24) is 5.32 Å². The number of unbranched alkanes of at least 4 members (excludes halogenated alkanes) is 1. The fourth-order valence-corrected chi connectivity index (χ4v) is 0.995. The first-order valence-electron chi connectivity index (χ1n) is 4.90. The first-order chi connectivity index (χ1) is 6.70. The summed E-state index contributed by atoms with van der Waals surface area (Å²) < 4.78 is 5.08. The summed E-state index contributed by atoms with van der Waals surface area (Å²) in [5.41, 5.74) is 5.32. The van der Waals surface area contributed by atoms with Crippen LogP contribution in [0.3, 0.4) is 0 Å². The molecule has 0 aliphatic heterocycles. The summed E-state index contributed by atoms with van der Waals surface area (Å²) in [6.45, 7) is 3.82. The number of nitrogens with one attached hydrogen (secondary N) is 1. The Bertz CT molecular complexity index is 162. The van der Waals surface area contributed by atoms with Crippen molar-refractivity contribution in [2.45, 2.75) is 32.3 Å². The van der Waals surface area contributed by atoms with Gasteiger partial charge in [0.2, 0.25) is 0 Å². The van der Waals surface area contributed by atoms with E-state index in [2.05, 4.69) is 10.5 Å². The summed E-state index contributed by atoms with van der Waals surface area (Å²) in [4.78, 5) is 0. The summed E-state index contributed by atoms with van der Waals surface area (Å²) in [6, 6.07) is 0. The molecule has 1 unspecified atom stereocenters. The van der Waals surface area contributed by atoms with E-state index in [9.17, 15) is 0 Å². The number of rotatable bonds is 8. The Labute approximate surface area is 85.3 Å². The molecule has 0 bridgehead atoms. The van der Waals surface area contributed by atoms with Crippen LogP contribution in [0.25, 0.3) is 0 Å². The van der Waals surface area contributed by atoms with Crippen molar-refractivity contribution in [3.8, 4) is 0 Å². The lowest BCUT2D eigenvalue weighted by Gasteiger charge is -2.10. The van der Waals surface area contributed by atoms with Crippen LogP contribution in [-0.2, 0) is 4.74 Å². The van der Waals surface area contributed by atoms with Crippen LogP contribution in [-0.4, -0.2) is 37.3 Å². The number of hydrogen-bond acceptors (Lipinski definition) is 4. The molecule has 0 saturated heterocycles. The second-order valence-electron chi connectivity index (χ2n) is 3.30. The van der Waals surface area contributed by atoms with Crippen molar-refractivity contribution in [2.24, 2.45) is 10.9 Å². The average molecular weight is 203 g/mol. The minimum absolute atomic E-state index is 0.249. The highest BCUT2D eigenvalue weighted by Crippen LogP contribution is 1.94. The Balaban J connectivity index is 3.14. The number of amidine groups is 1. The summed E-state index contributed by atoms with van der Waals surface area (Å²) in [7, 11) is 1.70. The Morgan fingerprint density at radius 1 is 1.57 bits per heavy atom. The molecule has 1 atom stereocenters. The number of hydrogen-bond donors (Lipinski definition) is 3. The van der Waals surface area contributed by atoms with Crippen LogP contribution in [0.5, 0.6) is 0 Å². The molecule has 5 heteroatoms. The first kappa shape index (κ1) is 13.2. The van der Waals surface area contributed by atoms with Crippen LogP contribution < -0.4 is 11.1 Å². The summed E-state index contributed by atoms with van der Waals surface area (Å²) in [5.74, 6) is 0.301. The van der Waals surface area contributed by atoms with Gasteiger partial charge in [-0.15, -0.1) is 0 Å². The maximum absolute atomic E-state index is 8.27. The maximum atomic E-state index is 8.27. The third-order valence-electron chi connectivity index (χ3n) is 2.00. The van der Waals surface area contributed by atoms with E-state index in [4.69, 9.17) is 15.7 Å². The minimum atomic E-state index is 0.249. The molecule has 0 aromatic carbocycles. The van der Waals surface area contributed by atoms with E-state index in [-0.39, 0.29) is 6.10 Å². The fourth-order valence-electron chi connectivity index (χ4n) is 0.995. The Kier molecular flexibility index (Phi) is 8.27. The molecular weight excluding hydrogens is 182 g/mol. The fraction of sp³-hybridized carbons (Fsp3) is 0.889. The van der Waals surface area contributed by atoms with E-state index in [1.54, 1.807) is 7.11 Å². The van der Waals surface area contributed by atoms with Gasteiger partial charge in [0.1, 0.15) is 5.84 Å². The lowest BCUT2D eigenvalue weighted by Crippen LogP contribution is -2.26. The third kappa shape index (κ3) is 7.82. The smallest absolute Gasteiger partial charge is 0.139 e. The number of nitrogens with zero attached hydrogens (tertiary/aromatic N) is 1. The zero-order valence-corrected chi connectivity index (χ0v) is 8.99. The number of ether oxygens (including phenoxy) is 1. The monoisotopic (exact) mass is 203 g/mol. The molecular formula is C9H21N3O2. The lowest BCUT2D eigenvalue weighted by molar-refractivity contribution is 0.117. The molecule has 0 aliphatic rings. The molecule has 0 amide bonds. The molecule has 0 aliphatic carbocycles. The predicted octanol–water partition coefficient (Wildman–Crippen LogP) is 0.528. The van der Waals surface area contributed by atoms with Crippen molar-refractivity contribution in [3.05, 3.63) is 0 Å². The van der Waals surface area contributed by atoms with Gasteiger partial charge in [-0.2, -0.15) is 0 Å². The van der Waals surface area contributed by atoms with Crippen molar-refractivity contribution in [2.75, 3.05) is 20.2 Å². The van der Waals surface area contributed by atoms with Crippen molar-refractivity contribution < 1.29 is 9.94 Å².